The van der Waals surface area contributed by atoms with Gasteiger partial charge in [-0.3, -0.25) is 10.1 Å². The molecule has 0 amide bonds. The van der Waals surface area contributed by atoms with Crippen molar-refractivity contribution in [1.29, 1.82) is 0 Å². The van der Waals surface area contributed by atoms with Crippen molar-refractivity contribution >= 4 is 17.0 Å². The molecule has 2 rings (SSSR count). The lowest BCUT2D eigenvalue weighted by molar-refractivity contribution is -0.145. The monoisotopic (exact) mass is 275 g/mol. The minimum absolute atomic E-state index is 0.0891. The number of aliphatic carboxylic acids is 1. The summed E-state index contributed by atoms with van der Waals surface area (Å²) in [6, 6.07) is 7.86. The van der Waals surface area contributed by atoms with Crippen LogP contribution in [0.4, 0.5) is 0 Å². The highest BCUT2D eigenvalue weighted by Crippen LogP contribution is 2.19. The van der Waals surface area contributed by atoms with Gasteiger partial charge in [-0.15, -0.1) is 0 Å². The number of nitrogens with one attached hydrogen (secondary N) is 1. The van der Waals surface area contributed by atoms with Gasteiger partial charge in [0.2, 0.25) is 0 Å². The zero-order valence-electron chi connectivity index (χ0n) is 12.3. The highest BCUT2D eigenvalue weighted by atomic mass is 16.4. The number of carbonyl (C=O) groups is 1. The molecule has 2 aromatic rings. The number of fused-ring (bicyclic) bond motifs is 1. The average Bonchev–Trinajstić information content (AvgIpc) is 2.65. The summed E-state index contributed by atoms with van der Waals surface area (Å²) in [4.78, 5) is 16.1. The van der Waals surface area contributed by atoms with Crippen LogP contribution in [-0.2, 0) is 11.3 Å². The number of imidazole rings is 1. The molecule has 0 saturated heterocycles. The van der Waals surface area contributed by atoms with E-state index in [2.05, 4.69) is 10.3 Å². The van der Waals surface area contributed by atoms with Crippen LogP contribution in [0.3, 0.4) is 0 Å². The molecule has 108 valence electrons. The van der Waals surface area contributed by atoms with Gasteiger partial charge in [-0.05, 0) is 39.8 Å². The summed E-state index contributed by atoms with van der Waals surface area (Å²) in [6.07, 6.45) is 0. The molecular weight excluding hydrogens is 254 g/mol. The standard InChI is InChI=1S/C15H21N3O2/c1-10(2)17-15(4,14(19)20)9-18-11(3)16-12-7-5-6-8-13(12)18/h5-8,10,17H,9H2,1-4H3,(H,19,20). The van der Waals surface area contributed by atoms with Crippen molar-refractivity contribution in [2.45, 2.75) is 45.8 Å². The van der Waals surface area contributed by atoms with Crippen LogP contribution >= 0.6 is 0 Å². The Morgan fingerprint density at radius 3 is 2.70 bits per heavy atom. The van der Waals surface area contributed by atoms with Gasteiger partial charge in [-0.25, -0.2) is 4.98 Å². The van der Waals surface area contributed by atoms with Crippen molar-refractivity contribution in [3.8, 4) is 0 Å². The predicted octanol–water partition coefficient (Wildman–Crippen LogP) is 2.19. The zero-order chi connectivity index (χ0) is 14.9. The highest BCUT2D eigenvalue weighted by Gasteiger charge is 2.34. The molecule has 1 unspecified atom stereocenters. The molecule has 20 heavy (non-hydrogen) atoms. The number of rotatable bonds is 5. The minimum Gasteiger partial charge on any atom is -0.480 e. The summed E-state index contributed by atoms with van der Waals surface area (Å²) in [5.41, 5.74) is 0.827. The first kappa shape index (κ1) is 14.5. The molecular formula is C15H21N3O2. The number of benzene rings is 1. The van der Waals surface area contributed by atoms with Crippen molar-refractivity contribution in [3.63, 3.8) is 0 Å². The quantitative estimate of drug-likeness (QED) is 0.877. The van der Waals surface area contributed by atoms with Crippen LogP contribution in [0.15, 0.2) is 24.3 Å². The molecule has 0 fully saturated rings. The van der Waals surface area contributed by atoms with Crippen LogP contribution in [-0.4, -0.2) is 32.2 Å². The van der Waals surface area contributed by atoms with E-state index in [-0.39, 0.29) is 6.04 Å². The molecule has 1 aromatic carbocycles. The van der Waals surface area contributed by atoms with Gasteiger partial charge in [-0.1, -0.05) is 12.1 Å². The van der Waals surface area contributed by atoms with Crippen LogP contribution in [0.5, 0.6) is 0 Å². The van der Waals surface area contributed by atoms with Crippen LogP contribution < -0.4 is 5.32 Å². The van der Waals surface area contributed by atoms with Crippen molar-refractivity contribution in [3.05, 3.63) is 30.1 Å². The summed E-state index contributed by atoms with van der Waals surface area (Å²) in [5, 5.41) is 12.7. The van der Waals surface area contributed by atoms with Gasteiger partial charge in [-0.2, -0.15) is 0 Å². The Morgan fingerprint density at radius 2 is 2.10 bits per heavy atom. The molecule has 0 aliphatic rings. The topological polar surface area (TPSA) is 67.2 Å². The Kier molecular flexibility index (Phi) is 3.81. The molecule has 2 N–H and O–H groups in total. The highest BCUT2D eigenvalue weighted by molar-refractivity contribution is 5.80. The van der Waals surface area contributed by atoms with Crippen LogP contribution in [0.25, 0.3) is 11.0 Å². The third kappa shape index (κ3) is 2.67. The summed E-state index contributed by atoms with van der Waals surface area (Å²) in [5.74, 6) is -0.0346. The van der Waals surface area contributed by atoms with Gasteiger partial charge >= 0.3 is 5.97 Å². The van der Waals surface area contributed by atoms with Crippen molar-refractivity contribution < 1.29 is 9.90 Å². The van der Waals surface area contributed by atoms with E-state index in [1.807, 2.05) is 49.6 Å². The fourth-order valence-electron chi connectivity index (χ4n) is 2.52. The van der Waals surface area contributed by atoms with Gasteiger partial charge in [0.15, 0.2) is 0 Å². The van der Waals surface area contributed by atoms with Gasteiger partial charge < -0.3 is 9.67 Å². The van der Waals surface area contributed by atoms with Crippen molar-refractivity contribution in [2.24, 2.45) is 0 Å². The largest absolute Gasteiger partial charge is 0.480 e. The third-order valence-corrected chi connectivity index (χ3v) is 3.40. The molecule has 0 aliphatic heterocycles. The van der Waals surface area contributed by atoms with Crippen molar-refractivity contribution in [2.75, 3.05) is 0 Å². The number of carboxylic acids is 1. The SMILES string of the molecule is Cc1nc2ccccc2n1CC(C)(NC(C)C)C(=O)O. The summed E-state index contributed by atoms with van der Waals surface area (Å²) in [7, 11) is 0. The maximum Gasteiger partial charge on any atom is 0.325 e. The number of carboxylic acid groups (broad SMARTS) is 1. The van der Waals surface area contributed by atoms with Crippen LogP contribution in [0.1, 0.15) is 26.6 Å². The second-order valence-corrected chi connectivity index (χ2v) is 5.67. The molecule has 1 aromatic heterocycles. The molecule has 1 atom stereocenters. The second-order valence-electron chi connectivity index (χ2n) is 5.67. The summed E-state index contributed by atoms with van der Waals surface area (Å²) >= 11 is 0. The molecule has 5 nitrogen and oxygen atoms in total. The minimum atomic E-state index is -1.03. The molecule has 0 spiro atoms. The zero-order valence-corrected chi connectivity index (χ0v) is 12.3. The number of aromatic nitrogens is 2. The molecule has 0 aliphatic carbocycles. The Labute approximate surface area is 118 Å². The molecule has 5 heteroatoms. The first-order valence-corrected chi connectivity index (χ1v) is 6.76. The summed E-state index contributed by atoms with van der Waals surface area (Å²) < 4.78 is 1.96. The fraction of sp³-hybridized carbons (Fsp3) is 0.467. The first-order chi connectivity index (χ1) is 9.33. The lowest BCUT2D eigenvalue weighted by atomic mass is 10.0. The number of nitrogens with zero attached hydrogens (tertiary/aromatic N) is 2. The smallest absolute Gasteiger partial charge is 0.325 e. The van der Waals surface area contributed by atoms with E-state index < -0.39 is 11.5 Å². The number of aryl methyl sites for hydroxylation is 1. The number of hydrogen-bond acceptors (Lipinski definition) is 3. The number of hydrogen-bond donors (Lipinski definition) is 2. The Hall–Kier alpha value is -1.88. The third-order valence-electron chi connectivity index (χ3n) is 3.40. The maximum absolute atomic E-state index is 11.6. The van der Waals surface area contributed by atoms with E-state index in [1.54, 1.807) is 6.92 Å². The molecule has 0 bridgehead atoms. The molecule has 0 saturated carbocycles. The Bertz CT molecular complexity index is 633. The first-order valence-electron chi connectivity index (χ1n) is 6.76. The number of para-hydroxylation sites is 2. The Balaban J connectivity index is 2.43. The van der Waals surface area contributed by atoms with Gasteiger partial charge in [0.1, 0.15) is 11.4 Å². The van der Waals surface area contributed by atoms with Gasteiger partial charge in [0.05, 0.1) is 17.6 Å². The average molecular weight is 275 g/mol. The van der Waals surface area contributed by atoms with E-state index in [1.165, 1.54) is 0 Å². The van der Waals surface area contributed by atoms with Crippen LogP contribution in [0, 0.1) is 6.92 Å². The van der Waals surface area contributed by atoms with E-state index in [0.717, 1.165) is 16.9 Å². The van der Waals surface area contributed by atoms with Crippen molar-refractivity contribution in [1.82, 2.24) is 14.9 Å². The van der Waals surface area contributed by atoms with Crippen LogP contribution in [0.2, 0.25) is 0 Å². The molecule has 1 heterocycles. The predicted molar refractivity (Wildman–Crippen MR) is 78.8 cm³/mol. The maximum atomic E-state index is 11.6. The second kappa shape index (κ2) is 5.25. The van der Waals surface area contributed by atoms with E-state index in [4.69, 9.17) is 0 Å². The summed E-state index contributed by atoms with van der Waals surface area (Å²) in [6.45, 7) is 7.84. The lowest BCUT2D eigenvalue weighted by Gasteiger charge is -2.29. The molecule has 0 radical (unpaired) electrons. The fourth-order valence-corrected chi connectivity index (χ4v) is 2.52. The lowest BCUT2D eigenvalue weighted by Crippen LogP contribution is -2.55. The van der Waals surface area contributed by atoms with E-state index in [9.17, 15) is 9.90 Å². The normalized spacial score (nSPS) is 14.7. The van der Waals surface area contributed by atoms with E-state index in [0.29, 0.717) is 6.54 Å². The van der Waals surface area contributed by atoms with Gasteiger partial charge in [0, 0.05) is 6.04 Å². The Morgan fingerprint density at radius 1 is 1.45 bits per heavy atom. The van der Waals surface area contributed by atoms with E-state index >= 15 is 0 Å². The van der Waals surface area contributed by atoms with Gasteiger partial charge in [0.25, 0.3) is 0 Å².